The summed E-state index contributed by atoms with van der Waals surface area (Å²) < 4.78 is 14.7. The fourth-order valence-electron chi connectivity index (χ4n) is 4.25. The van der Waals surface area contributed by atoms with Gasteiger partial charge in [-0.1, -0.05) is 54.7 Å². The molecule has 9 heteroatoms. The normalized spacial score (nSPS) is 19.5. The molecule has 194 valence electrons. The number of anilines is 1. The molecule has 0 radical (unpaired) electrons. The molecule has 1 aliphatic carbocycles. The molecule has 0 saturated heterocycles. The number of methoxy groups -OCH3 is 1. The van der Waals surface area contributed by atoms with Crippen LogP contribution in [0.4, 0.5) is 10.6 Å². The summed E-state index contributed by atoms with van der Waals surface area (Å²) in [4.78, 5) is 13.4. The van der Waals surface area contributed by atoms with E-state index in [1.165, 1.54) is 0 Å². The number of carbonyl (C=O) groups excluding carboxylic acids is 1. The summed E-state index contributed by atoms with van der Waals surface area (Å²) in [5.41, 5.74) is 4.23. The molecule has 0 spiro atoms. The van der Waals surface area contributed by atoms with E-state index in [9.17, 15) is 4.79 Å². The van der Waals surface area contributed by atoms with E-state index in [0.717, 1.165) is 28.1 Å². The third-order valence-corrected chi connectivity index (χ3v) is 6.15. The first-order chi connectivity index (χ1) is 18.0. The highest BCUT2D eigenvalue weighted by molar-refractivity contribution is 5.91. The highest BCUT2D eigenvalue weighted by Gasteiger charge is 2.26. The summed E-state index contributed by atoms with van der Waals surface area (Å²) in [6.07, 6.45) is 12.5. The molecule has 2 heterocycles. The summed E-state index contributed by atoms with van der Waals surface area (Å²) in [6, 6.07) is 9.11. The van der Waals surface area contributed by atoms with Gasteiger partial charge in [0.2, 0.25) is 0 Å². The van der Waals surface area contributed by atoms with E-state index in [4.69, 9.17) is 14.6 Å². The number of aryl methyl sites for hydroxylation is 1. The predicted octanol–water partition coefficient (Wildman–Crippen LogP) is 4.57. The van der Waals surface area contributed by atoms with Crippen molar-refractivity contribution >= 4 is 11.8 Å². The molecule has 2 amide bonds. The molecule has 0 saturated carbocycles. The number of benzene rings is 1. The lowest BCUT2D eigenvalue weighted by Gasteiger charge is -2.28. The van der Waals surface area contributed by atoms with Crippen LogP contribution < -0.4 is 10.6 Å². The minimum absolute atomic E-state index is 0.258. The summed E-state index contributed by atoms with van der Waals surface area (Å²) in [6.45, 7) is 6.97. The number of hydrogen-bond acceptors (Lipinski definition) is 5. The molecule has 0 bridgehead atoms. The van der Waals surface area contributed by atoms with E-state index >= 15 is 0 Å². The van der Waals surface area contributed by atoms with Gasteiger partial charge in [-0.2, -0.15) is 10.2 Å². The first kappa shape index (κ1) is 26.1. The Kier molecular flexibility index (Phi) is 8.71. The van der Waals surface area contributed by atoms with Crippen LogP contribution in [0.3, 0.4) is 0 Å². The minimum atomic E-state index is -0.338. The van der Waals surface area contributed by atoms with Gasteiger partial charge in [0.25, 0.3) is 0 Å². The highest BCUT2D eigenvalue weighted by atomic mass is 16.5. The minimum Gasteiger partial charge on any atom is -0.382 e. The van der Waals surface area contributed by atoms with Crippen LogP contribution in [0.5, 0.6) is 0 Å². The lowest BCUT2D eigenvalue weighted by Crippen LogP contribution is -2.46. The van der Waals surface area contributed by atoms with Crippen molar-refractivity contribution in [3.05, 3.63) is 84.7 Å². The van der Waals surface area contributed by atoms with Crippen molar-refractivity contribution in [3.8, 4) is 16.9 Å². The molecule has 1 aliphatic rings. The van der Waals surface area contributed by atoms with Gasteiger partial charge in [-0.15, -0.1) is 0 Å². The quantitative estimate of drug-likeness (QED) is 0.440. The molecule has 0 fully saturated rings. The van der Waals surface area contributed by atoms with Crippen LogP contribution in [0.15, 0.2) is 79.2 Å². The van der Waals surface area contributed by atoms with Crippen LogP contribution in [0.25, 0.3) is 16.9 Å². The van der Waals surface area contributed by atoms with E-state index in [-0.39, 0.29) is 18.2 Å². The highest BCUT2D eigenvalue weighted by Crippen LogP contribution is 2.30. The van der Waals surface area contributed by atoms with Crippen molar-refractivity contribution in [2.24, 2.45) is 7.05 Å². The van der Waals surface area contributed by atoms with E-state index in [2.05, 4.69) is 22.3 Å². The standard InChI is InChI=1S/C28H34N6O3/c1-20-11-7-5-10-14-24(25(17-20)37-16-15-36-4)30-28(35)31-27-21(2)26(22-18-29-33(3)19-22)32-34(27)23-12-8-6-9-13-23/h5-13,18-19,24-25H,1,14-17H2,2-4H3,(H2,30,31,35)/b10-5-,11-7-/t24-,25-/m0/s1. The average Bonchev–Trinajstić information content (AvgIpc) is 3.47. The Bertz CT molecular complexity index is 1270. The maximum atomic E-state index is 13.4. The maximum Gasteiger partial charge on any atom is 0.320 e. The third-order valence-electron chi connectivity index (χ3n) is 6.15. The molecule has 2 aromatic heterocycles. The van der Waals surface area contributed by atoms with Crippen molar-refractivity contribution in [1.82, 2.24) is 24.9 Å². The Hall–Kier alpha value is -3.95. The number of nitrogens with zero attached hydrogens (tertiary/aromatic N) is 4. The van der Waals surface area contributed by atoms with Crippen LogP contribution in [0, 0.1) is 6.92 Å². The first-order valence-electron chi connectivity index (χ1n) is 12.3. The number of para-hydroxylation sites is 1. The van der Waals surface area contributed by atoms with Gasteiger partial charge in [0, 0.05) is 37.9 Å². The van der Waals surface area contributed by atoms with Crippen molar-refractivity contribution < 1.29 is 14.3 Å². The second-order valence-corrected chi connectivity index (χ2v) is 8.96. The predicted molar refractivity (Wildman–Crippen MR) is 145 cm³/mol. The molecule has 1 aromatic carbocycles. The fourth-order valence-corrected chi connectivity index (χ4v) is 4.25. The van der Waals surface area contributed by atoms with E-state index in [1.807, 2.05) is 74.8 Å². The number of rotatable bonds is 8. The van der Waals surface area contributed by atoms with Gasteiger partial charge in [-0.05, 0) is 25.5 Å². The molecule has 2 atom stereocenters. The van der Waals surface area contributed by atoms with Crippen LogP contribution in [-0.2, 0) is 16.5 Å². The van der Waals surface area contributed by atoms with Crippen molar-refractivity contribution in [2.45, 2.75) is 31.9 Å². The van der Waals surface area contributed by atoms with Crippen LogP contribution in [0.2, 0.25) is 0 Å². The van der Waals surface area contributed by atoms with Gasteiger partial charge in [-0.25, -0.2) is 9.48 Å². The van der Waals surface area contributed by atoms with Gasteiger partial charge in [0.05, 0.1) is 37.2 Å². The molecule has 3 aromatic rings. The van der Waals surface area contributed by atoms with Crippen LogP contribution >= 0.6 is 0 Å². The van der Waals surface area contributed by atoms with Crippen LogP contribution in [-0.4, -0.2) is 58.1 Å². The number of urea groups is 1. The summed E-state index contributed by atoms with van der Waals surface area (Å²) in [5.74, 6) is 0.587. The number of carbonyl (C=O) groups is 1. The monoisotopic (exact) mass is 502 g/mol. The Labute approximate surface area is 217 Å². The maximum absolute atomic E-state index is 13.4. The van der Waals surface area contributed by atoms with Crippen molar-refractivity contribution in [3.63, 3.8) is 0 Å². The fraction of sp³-hybridized carbons (Fsp3) is 0.321. The number of aromatic nitrogens is 4. The molecule has 4 rings (SSSR count). The molecule has 9 nitrogen and oxygen atoms in total. The Balaban J connectivity index is 1.60. The second-order valence-electron chi connectivity index (χ2n) is 8.96. The Morgan fingerprint density at radius 1 is 1.22 bits per heavy atom. The zero-order valence-electron chi connectivity index (χ0n) is 21.6. The first-order valence-corrected chi connectivity index (χ1v) is 12.3. The third kappa shape index (κ3) is 6.63. The van der Waals surface area contributed by atoms with Gasteiger partial charge < -0.3 is 14.8 Å². The van der Waals surface area contributed by atoms with E-state index in [0.29, 0.717) is 31.9 Å². The molecular formula is C28H34N6O3. The molecule has 0 unspecified atom stereocenters. The zero-order valence-corrected chi connectivity index (χ0v) is 21.6. The largest absolute Gasteiger partial charge is 0.382 e. The van der Waals surface area contributed by atoms with Gasteiger partial charge in [0.1, 0.15) is 11.5 Å². The topological polar surface area (TPSA) is 95.2 Å². The van der Waals surface area contributed by atoms with Crippen molar-refractivity contribution in [2.75, 3.05) is 25.6 Å². The summed E-state index contributed by atoms with van der Waals surface area (Å²) >= 11 is 0. The molecular weight excluding hydrogens is 468 g/mol. The number of amides is 2. The van der Waals surface area contributed by atoms with Crippen molar-refractivity contribution in [1.29, 1.82) is 0 Å². The summed E-state index contributed by atoms with van der Waals surface area (Å²) in [5, 5.41) is 15.3. The molecule has 0 aliphatic heterocycles. The number of allylic oxidation sites excluding steroid dienone is 3. The number of ether oxygens (including phenoxy) is 2. The van der Waals surface area contributed by atoms with Gasteiger partial charge in [0.15, 0.2) is 0 Å². The van der Waals surface area contributed by atoms with E-state index in [1.54, 1.807) is 22.7 Å². The number of hydrogen-bond donors (Lipinski definition) is 2. The smallest absolute Gasteiger partial charge is 0.320 e. The summed E-state index contributed by atoms with van der Waals surface area (Å²) in [7, 11) is 3.50. The number of nitrogens with one attached hydrogen (secondary N) is 2. The SMILES string of the molecule is C=C1/C=C\C=C/C[C@H](NC(=O)Nc2c(C)c(-c3cnn(C)c3)nn2-c2ccccc2)[C@@H](OCCOC)C1. The average molecular weight is 503 g/mol. The molecule has 37 heavy (non-hydrogen) atoms. The Morgan fingerprint density at radius 3 is 2.76 bits per heavy atom. The van der Waals surface area contributed by atoms with Crippen LogP contribution in [0.1, 0.15) is 18.4 Å². The van der Waals surface area contributed by atoms with E-state index < -0.39 is 0 Å². The lowest BCUT2D eigenvalue weighted by atomic mass is 10.0. The lowest BCUT2D eigenvalue weighted by molar-refractivity contribution is 0.00157. The van der Waals surface area contributed by atoms with Gasteiger partial charge in [-0.3, -0.25) is 10.00 Å². The van der Waals surface area contributed by atoms with Gasteiger partial charge >= 0.3 is 6.03 Å². The Morgan fingerprint density at radius 2 is 2.03 bits per heavy atom. The molecule has 2 N–H and O–H groups in total. The second kappa shape index (κ2) is 12.3. The zero-order chi connectivity index (χ0) is 26.2.